The van der Waals surface area contributed by atoms with Gasteiger partial charge in [0.2, 0.25) is 0 Å². The largest absolute Gasteiger partial charge is 0.401 e. The number of hydrogen-bond acceptors (Lipinski definition) is 4. The number of piperazine rings is 2. The number of rotatable bonds is 2. The smallest absolute Gasteiger partial charge is 0.313 e. The van der Waals surface area contributed by atoms with Crippen LogP contribution < -0.4 is 10.6 Å². The van der Waals surface area contributed by atoms with E-state index in [2.05, 4.69) is 15.5 Å². The monoisotopic (exact) mass is 252 g/mol. The molecule has 2 heterocycles. The molecule has 4 nitrogen and oxygen atoms in total. The molecule has 2 aliphatic heterocycles. The van der Waals surface area contributed by atoms with Crippen LogP contribution in [0.5, 0.6) is 0 Å². The second-order valence-corrected chi connectivity index (χ2v) is 4.60. The van der Waals surface area contributed by atoms with Crippen LogP contribution in [0.25, 0.3) is 0 Å². The van der Waals surface area contributed by atoms with E-state index < -0.39 is 12.7 Å². The molecule has 100 valence electrons. The van der Waals surface area contributed by atoms with Crippen LogP contribution in [0.2, 0.25) is 0 Å². The first-order valence-corrected chi connectivity index (χ1v) is 6.02. The maximum Gasteiger partial charge on any atom is 0.401 e. The number of halogens is 3. The van der Waals surface area contributed by atoms with Crippen molar-refractivity contribution in [3.05, 3.63) is 0 Å². The van der Waals surface area contributed by atoms with E-state index in [1.165, 1.54) is 4.90 Å². The Labute approximate surface area is 99.1 Å². The van der Waals surface area contributed by atoms with Crippen molar-refractivity contribution >= 4 is 0 Å². The number of alkyl halides is 3. The fourth-order valence-corrected chi connectivity index (χ4v) is 2.38. The number of hydrogen-bond donors (Lipinski definition) is 2. The minimum absolute atomic E-state index is 0.275. The number of nitrogens with one attached hydrogen (secondary N) is 2. The van der Waals surface area contributed by atoms with Gasteiger partial charge in [-0.2, -0.15) is 13.2 Å². The Balaban J connectivity index is 1.73. The zero-order valence-corrected chi connectivity index (χ0v) is 9.76. The van der Waals surface area contributed by atoms with E-state index in [1.807, 2.05) is 0 Å². The van der Waals surface area contributed by atoms with E-state index in [9.17, 15) is 13.2 Å². The van der Waals surface area contributed by atoms with Gasteiger partial charge in [0.05, 0.1) is 12.7 Å². The molecule has 0 bridgehead atoms. The van der Waals surface area contributed by atoms with Crippen LogP contribution in [0, 0.1) is 0 Å². The van der Waals surface area contributed by atoms with Gasteiger partial charge in [0.15, 0.2) is 0 Å². The molecule has 17 heavy (non-hydrogen) atoms. The van der Waals surface area contributed by atoms with Crippen molar-refractivity contribution < 1.29 is 13.2 Å². The summed E-state index contributed by atoms with van der Waals surface area (Å²) in [5, 5.41) is 6.66. The molecule has 0 aromatic rings. The minimum atomic E-state index is -4.08. The SMILES string of the molecule is FC(F)(F)CN1CCN(C2CNCCN2)CC1. The molecule has 2 rings (SSSR count). The van der Waals surface area contributed by atoms with E-state index in [-0.39, 0.29) is 6.17 Å². The molecule has 0 spiro atoms. The molecule has 0 aliphatic carbocycles. The van der Waals surface area contributed by atoms with Crippen molar-refractivity contribution in [1.82, 2.24) is 20.4 Å². The van der Waals surface area contributed by atoms with Gasteiger partial charge in [0.25, 0.3) is 0 Å². The van der Waals surface area contributed by atoms with Crippen molar-refractivity contribution in [2.24, 2.45) is 0 Å². The Morgan fingerprint density at radius 3 is 2.29 bits per heavy atom. The molecule has 1 unspecified atom stereocenters. The highest BCUT2D eigenvalue weighted by Crippen LogP contribution is 2.17. The van der Waals surface area contributed by atoms with Crippen molar-refractivity contribution in [3.8, 4) is 0 Å². The van der Waals surface area contributed by atoms with Crippen LogP contribution in [-0.2, 0) is 0 Å². The summed E-state index contributed by atoms with van der Waals surface area (Å²) < 4.78 is 36.6. The summed E-state index contributed by atoms with van der Waals surface area (Å²) in [4.78, 5) is 3.70. The maximum atomic E-state index is 12.2. The third kappa shape index (κ3) is 4.09. The van der Waals surface area contributed by atoms with E-state index in [0.29, 0.717) is 26.2 Å². The lowest BCUT2D eigenvalue weighted by molar-refractivity contribution is -0.150. The Kier molecular flexibility index (Phi) is 4.24. The first-order valence-electron chi connectivity index (χ1n) is 6.02. The summed E-state index contributed by atoms with van der Waals surface area (Å²) in [7, 11) is 0. The summed E-state index contributed by atoms with van der Waals surface area (Å²) in [5.41, 5.74) is 0. The van der Waals surface area contributed by atoms with Gasteiger partial charge in [0, 0.05) is 45.8 Å². The summed E-state index contributed by atoms with van der Waals surface area (Å²) in [6.45, 7) is 4.38. The summed E-state index contributed by atoms with van der Waals surface area (Å²) in [6.07, 6.45) is -3.80. The lowest BCUT2D eigenvalue weighted by Crippen LogP contribution is -2.61. The molecule has 2 fully saturated rings. The second-order valence-electron chi connectivity index (χ2n) is 4.60. The Bertz CT molecular complexity index is 232. The molecule has 1 atom stereocenters. The zero-order valence-electron chi connectivity index (χ0n) is 9.76. The molecule has 2 N–H and O–H groups in total. The van der Waals surface area contributed by atoms with Gasteiger partial charge >= 0.3 is 6.18 Å². The van der Waals surface area contributed by atoms with E-state index in [4.69, 9.17) is 0 Å². The highest BCUT2D eigenvalue weighted by Gasteiger charge is 2.33. The van der Waals surface area contributed by atoms with E-state index >= 15 is 0 Å². The van der Waals surface area contributed by atoms with Crippen LogP contribution >= 0.6 is 0 Å². The summed E-state index contributed by atoms with van der Waals surface area (Å²) in [6, 6.07) is 0. The van der Waals surface area contributed by atoms with Gasteiger partial charge in [-0.25, -0.2) is 0 Å². The molecule has 0 aromatic heterocycles. The van der Waals surface area contributed by atoms with Crippen LogP contribution in [0.4, 0.5) is 13.2 Å². The van der Waals surface area contributed by atoms with Crippen LogP contribution in [0.1, 0.15) is 0 Å². The van der Waals surface area contributed by atoms with Gasteiger partial charge in [-0.05, 0) is 0 Å². The predicted molar refractivity (Wildman–Crippen MR) is 58.7 cm³/mol. The number of nitrogens with zero attached hydrogens (tertiary/aromatic N) is 2. The van der Waals surface area contributed by atoms with Crippen molar-refractivity contribution in [2.45, 2.75) is 12.3 Å². The second kappa shape index (κ2) is 5.51. The maximum absolute atomic E-state index is 12.2. The first kappa shape index (κ1) is 13.1. The Morgan fingerprint density at radius 1 is 1.06 bits per heavy atom. The average Bonchev–Trinajstić information content (AvgIpc) is 2.29. The lowest BCUT2D eigenvalue weighted by atomic mass is 10.2. The van der Waals surface area contributed by atoms with Gasteiger partial charge in [-0.3, -0.25) is 15.1 Å². The van der Waals surface area contributed by atoms with Crippen molar-refractivity contribution in [3.63, 3.8) is 0 Å². The third-order valence-electron chi connectivity index (χ3n) is 3.27. The first-order chi connectivity index (χ1) is 8.04. The van der Waals surface area contributed by atoms with Gasteiger partial charge in [-0.15, -0.1) is 0 Å². The highest BCUT2D eigenvalue weighted by atomic mass is 19.4. The quantitative estimate of drug-likeness (QED) is 0.705. The molecular formula is C10H19F3N4. The molecule has 7 heteroatoms. The molecule has 0 aromatic carbocycles. The minimum Gasteiger partial charge on any atom is -0.313 e. The van der Waals surface area contributed by atoms with E-state index in [1.54, 1.807) is 0 Å². The molecule has 2 saturated heterocycles. The lowest BCUT2D eigenvalue weighted by Gasteiger charge is -2.41. The average molecular weight is 252 g/mol. The van der Waals surface area contributed by atoms with Gasteiger partial charge in [0.1, 0.15) is 0 Å². The summed E-state index contributed by atoms with van der Waals surface area (Å²) >= 11 is 0. The molecular weight excluding hydrogens is 233 g/mol. The predicted octanol–water partition coefficient (Wildman–Crippen LogP) is -0.315. The molecule has 0 amide bonds. The van der Waals surface area contributed by atoms with Crippen molar-refractivity contribution in [1.29, 1.82) is 0 Å². The Hall–Kier alpha value is -0.370. The summed E-state index contributed by atoms with van der Waals surface area (Å²) in [5.74, 6) is 0. The molecule has 0 saturated carbocycles. The fourth-order valence-electron chi connectivity index (χ4n) is 2.38. The standard InChI is InChI=1S/C10H19F3N4/c11-10(12,13)8-16-3-5-17(6-4-16)9-7-14-1-2-15-9/h9,14-15H,1-8H2. The zero-order chi connectivity index (χ0) is 12.3. The highest BCUT2D eigenvalue weighted by molar-refractivity contribution is 4.82. The topological polar surface area (TPSA) is 30.5 Å². The van der Waals surface area contributed by atoms with Crippen LogP contribution in [0.3, 0.4) is 0 Å². The fraction of sp³-hybridized carbons (Fsp3) is 1.00. The van der Waals surface area contributed by atoms with Crippen molar-refractivity contribution in [2.75, 3.05) is 52.4 Å². The third-order valence-corrected chi connectivity index (χ3v) is 3.27. The Morgan fingerprint density at radius 2 is 1.76 bits per heavy atom. The van der Waals surface area contributed by atoms with Gasteiger partial charge < -0.3 is 5.32 Å². The molecule has 2 aliphatic rings. The van der Waals surface area contributed by atoms with E-state index in [0.717, 1.165) is 19.6 Å². The van der Waals surface area contributed by atoms with Gasteiger partial charge in [-0.1, -0.05) is 0 Å². The van der Waals surface area contributed by atoms with Crippen LogP contribution in [0.15, 0.2) is 0 Å². The van der Waals surface area contributed by atoms with Crippen LogP contribution in [-0.4, -0.2) is 74.5 Å². The normalized spacial score (nSPS) is 29.5. The molecule has 0 radical (unpaired) electrons.